The van der Waals surface area contributed by atoms with Crippen molar-refractivity contribution in [1.82, 2.24) is 10.2 Å². The number of rotatable bonds is 2. The van der Waals surface area contributed by atoms with Crippen LogP contribution in [0.1, 0.15) is 5.01 Å². The third kappa shape index (κ3) is 3.90. The van der Waals surface area contributed by atoms with Crippen molar-refractivity contribution >= 4 is 21.5 Å². The Labute approximate surface area is 145 Å². The Bertz CT molecular complexity index is 625. The van der Waals surface area contributed by atoms with Crippen LogP contribution in [0.4, 0.5) is 0 Å². The minimum absolute atomic E-state index is 0. The molecule has 1 aromatic heterocycles. The predicted molar refractivity (Wildman–Crippen MR) is 58.0 cm³/mol. The molecule has 0 saturated heterocycles. The second kappa shape index (κ2) is 5.98. The number of nitrogens with zero attached hydrogens (tertiary/aromatic N) is 2. The number of benzene rings is 1. The van der Waals surface area contributed by atoms with Crippen molar-refractivity contribution in [2.45, 2.75) is 11.8 Å². The fourth-order valence-electron chi connectivity index (χ4n) is 1.20. The molecule has 0 aliphatic heterocycles. The zero-order chi connectivity index (χ0) is 11.8. The summed E-state index contributed by atoms with van der Waals surface area (Å²) in [6.45, 7) is 1.80. The van der Waals surface area contributed by atoms with Crippen LogP contribution in [-0.2, 0) is 10.1 Å². The van der Waals surface area contributed by atoms with Gasteiger partial charge < -0.3 is 4.55 Å². The normalized spacial score (nSPS) is 10.9. The first-order chi connectivity index (χ1) is 7.47. The summed E-state index contributed by atoms with van der Waals surface area (Å²) in [5.74, 6) is 0. The molecule has 17 heavy (non-hydrogen) atoms. The van der Waals surface area contributed by atoms with Crippen LogP contribution in [0.2, 0.25) is 0 Å². The molecule has 0 atom stereocenters. The van der Waals surface area contributed by atoms with E-state index in [-0.39, 0.29) is 56.3 Å². The molecule has 0 bridgehead atoms. The summed E-state index contributed by atoms with van der Waals surface area (Å²) in [5, 5.41) is 9.09. The molecule has 5 nitrogen and oxygen atoms in total. The van der Waals surface area contributed by atoms with Crippen LogP contribution in [0.3, 0.4) is 0 Å². The molecule has 2 aromatic rings. The van der Waals surface area contributed by atoms with Gasteiger partial charge in [0.1, 0.15) is 20.1 Å². The van der Waals surface area contributed by atoms with Gasteiger partial charge in [-0.3, -0.25) is 0 Å². The summed E-state index contributed by atoms with van der Waals surface area (Å²) in [4.78, 5) is -0.252. The molecule has 0 saturated carbocycles. The monoisotopic (exact) mass is 294 g/mol. The van der Waals surface area contributed by atoms with E-state index in [0.29, 0.717) is 10.6 Å². The molecule has 0 spiro atoms. The van der Waals surface area contributed by atoms with Crippen LogP contribution < -0.4 is 51.4 Å². The largest absolute Gasteiger partial charge is 1.00 e. The Kier molecular flexibility index (Phi) is 5.41. The molecule has 1 aromatic carbocycles. The molecule has 0 aliphatic rings. The van der Waals surface area contributed by atoms with Crippen molar-refractivity contribution in [2.24, 2.45) is 0 Å². The van der Waals surface area contributed by atoms with Gasteiger partial charge in [-0.2, -0.15) is 0 Å². The molecule has 1 heterocycles. The summed E-state index contributed by atoms with van der Waals surface area (Å²) in [6, 6.07) is 5.77. The van der Waals surface area contributed by atoms with E-state index in [1.54, 1.807) is 13.0 Å². The topological polar surface area (TPSA) is 83.0 Å². The fourth-order valence-corrected chi connectivity index (χ4v) is 2.40. The van der Waals surface area contributed by atoms with Crippen molar-refractivity contribution in [1.29, 1.82) is 0 Å². The first-order valence-corrected chi connectivity index (χ1v) is 6.56. The maximum Gasteiger partial charge on any atom is 1.00 e. The van der Waals surface area contributed by atoms with Gasteiger partial charge in [-0.15, -0.1) is 10.2 Å². The van der Waals surface area contributed by atoms with Crippen molar-refractivity contribution < 1.29 is 64.4 Å². The van der Waals surface area contributed by atoms with Crippen LogP contribution in [0.5, 0.6) is 0 Å². The van der Waals surface area contributed by atoms with Crippen LogP contribution in [-0.4, -0.2) is 23.2 Å². The Morgan fingerprint density at radius 3 is 2.53 bits per heavy atom. The first kappa shape index (κ1) is 15.4. The van der Waals surface area contributed by atoms with E-state index in [4.69, 9.17) is 0 Å². The first-order valence-electron chi connectivity index (χ1n) is 4.33. The Hall–Kier alpha value is 0.326. The number of hydrogen-bond donors (Lipinski definition) is 0. The van der Waals surface area contributed by atoms with Gasteiger partial charge in [-0.25, -0.2) is 8.42 Å². The second-order valence-electron chi connectivity index (χ2n) is 3.11. The molecule has 8 heteroatoms. The average molecular weight is 294 g/mol. The minimum atomic E-state index is -4.42. The Morgan fingerprint density at radius 1 is 1.29 bits per heavy atom. The quantitative estimate of drug-likeness (QED) is 0.493. The average Bonchev–Trinajstić information content (AvgIpc) is 2.64. The van der Waals surface area contributed by atoms with Crippen molar-refractivity contribution in [3.63, 3.8) is 0 Å². The van der Waals surface area contributed by atoms with Crippen molar-refractivity contribution in [2.75, 3.05) is 0 Å². The second-order valence-corrected chi connectivity index (χ2v) is 5.67. The molecule has 0 radical (unpaired) electrons. The van der Waals surface area contributed by atoms with E-state index in [0.717, 1.165) is 5.01 Å². The summed E-state index contributed by atoms with van der Waals surface area (Å²) in [6.07, 6.45) is 0. The third-order valence-corrected chi connectivity index (χ3v) is 3.61. The van der Waals surface area contributed by atoms with E-state index in [1.165, 1.54) is 29.5 Å². The smallest absolute Gasteiger partial charge is 0.744 e. The van der Waals surface area contributed by atoms with E-state index in [9.17, 15) is 13.0 Å². The predicted octanol–water partition coefficient (Wildman–Crippen LogP) is -1.58. The van der Waals surface area contributed by atoms with E-state index in [1.807, 2.05) is 0 Å². The van der Waals surface area contributed by atoms with Crippen LogP contribution >= 0.6 is 11.3 Å². The fraction of sp³-hybridized carbons (Fsp3) is 0.111. The summed E-state index contributed by atoms with van der Waals surface area (Å²) >= 11 is 1.34. The van der Waals surface area contributed by atoms with Gasteiger partial charge in [0.05, 0.1) is 4.90 Å². The SMILES string of the molecule is Cc1nnc(-c2cccc(S(=O)(=O)[O-])c2)s1.[K+]. The number of aromatic nitrogens is 2. The van der Waals surface area contributed by atoms with Crippen molar-refractivity contribution in [3.05, 3.63) is 29.3 Å². The van der Waals surface area contributed by atoms with E-state index >= 15 is 0 Å². The molecule has 0 fully saturated rings. The molecule has 0 N–H and O–H groups in total. The molecular weight excluding hydrogens is 287 g/mol. The van der Waals surface area contributed by atoms with Gasteiger partial charge in [0.15, 0.2) is 0 Å². The zero-order valence-corrected chi connectivity index (χ0v) is 14.0. The van der Waals surface area contributed by atoms with Gasteiger partial charge in [-0.1, -0.05) is 23.5 Å². The van der Waals surface area contributed by atoms with Gasteiger partial charge >= 0.3 is 51.4 Å². The Balaban J connectivity index is 0.00000144. The minimum Gasteiger partial charge on any atom is -0.744 e. The Morgan fingerprint density at radius 2 is 2.00 bits per heavy atom. The number of aryl methyl sites for hydroxylation is 1. The molecule has 2 rings (SSSR count). The standard InChI is InChI=1S/C9H8N2O3S2.K/c1-6-10-11-9(15-6)7-3-2-4-8(5-7)16(12,13)14;/h2-5H,1H3,(H,12,13,14);/q;+1/p-1. The van der Waals surface area contributed by atoms with E-state index < -0.39 is 10.1 Å². The molecular formula is C9H7KN2O3S2. The maximum atomic E-state index is 10.8. The number of hydrogen-bond acceptors (Lipinski definition) is 6. The molecule has 0 unspecified atom stereocenters. The third-order valence-electron chi connectivity index (χ3n) is 1.90. The van der Waals surface area contributed by atoms with E-state index in [2.05, 4.69) is 10.2 Å². The summed E-state index contributed by atoms with van der Waals surface area (Å²) in [7, 11) is -4.42. The van der Waals surface area contributed by atoms with Gasteiger partial charge in [0, 0.05) is 5.56 Å². The summed E-state index contributed by atoms with van der Waals surface area (Å²) in [5.41, 5.74) is 0.586. The van der Waals surface area contributed by atoms with Gasteiger partial charge in [0.2, 0.25) is 0 Å². The molecule has 0 aliphatic carbocycles. The van der Waals surface area contributed by atoms with Gasteiger partial charge in [0.25, 0.3) is 0 Å². The van der Waals surface area contributed by atoms with Crippen LogP contribution in [0.25, 0.3) is 10.6 Å². The van der Waals surface area contributed by atoms with Crippen LogP contribution in [0.15, 0.2) is 29.2 Å². The van der Waals surface area contributed by atoms with Crippen molar-refractivity contribution in [3.8, 4) is 10.6 Å². The molecule has 0 amide bonds. The molecule has 84 valence electrons. The van der Waals surface area contributed by atoms with Crippen LogP contribution in [0, 0.1) is 6.92 Å². The maximum absolute atomic E-state index is 10.8. The van der Waals surface area contributed by atoms with Gasteiger partial charge in [-0.05, 0) is 19.1 Å². The summed E-state index contributed by atoms with van der Waals surface area (Å²) < 4.78 is 32.5. The zero-order valence-electron chi connectivity index (χ0n) is 9.25.